The summed E-state index contributed by atoms with van der Waals surface area (Å²) >= 11 is 3.34. The van der Waals surface area contributed by atoms with E-state index in [2.05, 4.69) is 21.2 Å². The predicted molar refractivity (Wildman–Crippen MR) is 103 cm³/mol. The molecule has 0 radical (unpaired) electrons. The minimum Gasteiger partial charge on any atom is -0.376 e. The maximum absolute atomic E-state index is 12.8. The molecule has 1 atom stereocenters. The fourth-order valence-corrected chi connectivity index (χ4v) is 3.58. The maximum Gasteiger partial charge on any atom is 0.266 e. The monoisotopic (exact) mass is 428 g/mol. The van der Waals surface area contributed by atoms with E-state index < -0.39 is 5.91 Å². The van der Waals surface area contributed by atoms with Gasteiger partial charge in [0.05, 0.1) is 22.9 Å². The van der Waals surface area contributed by atoms with Crippen LogP contribution in [0.2, 0.25) is 0 Å². The van der Waals surface area contributed by atoms with Crippen molar-refractivity contribution >= 4 is 39.3 Å². The molecule has 1 saturated heterocycles. The van der Waals surface area contributed by atoms with Crippen LogP contribution in [0.25, 0.3) is 0 Å². The zero-order valence-corrected chi connectivity index (χ0v) is 16.0. The highest BCUT2D eigenvalue weighted by Gasteiger charge is 2.37. The maximum atomic E-state index is 12.8. The number of fused-ring (bicyclic) bond motifs is 1. The van der Waals surface area contributed by atoms with Crippen LogP contribution >= 0.6 is 15.9 Å². The van der Waals surface area contributed by atoms with Crippen molar-refractivity contribution in [2.75, 3.05) is 18.1 Å². The number of rotatable bonds is 4. The molecule has 1 N–H and O–H groups in total. The SMILES string of the molecule is O=C(NC[C@H]1CCCO1)c1ccc2c(c1)C(=O)N(c1ccc(Br)cc1)C2=O. The van der Waals surface area contributed by atoms with Crippen LogP contribution in [0.15, 0.2) is 46.9 Å². The number of nitrogens with one attached hydrogen (secondary N) is 1. The number of ether oxygens (including phenoxy) is 1. The number of nitrogens with zero attached hydrogens (tertiary/aromatic N) is 1. The second kappa shape index (κ2) is 7.25. The lowest BCUT2D eigenvalue weighted by atomic mass is 10.1. The van der Waals surface area contributed by atoms with Gasteiger partial charge < -0.3 is 10.1 Å². The van der Waals surface area contributed by atoms with E-state index in [1.54, 1.807) is 30.3 Å². The molecule has 7 heteroatoms. The molecule has 2 aromatic carbocycles. The van der Waals surface area contributed by atoms with Gasteiger partial charge in [-0.3, -0.25) is 14.4 Å². The molecule has 0 aliphatic carbocycles. The zero-order valence-electron chi connectivity index (χ0n) is 14.4. The molecule has 0 unspecified atom stereocenters. The number of amides is 3. The van der Waals surface area contributed by atoms with E-state index in [0.717, 1.165) is 28.8 Å². The molecule has 6 nitrogen and oxygen atoms in total. The van der Waals surface area contributed by atoms with Gasteiger partial charge in [0, 0.05) is 23.2 Å². The number of benzene rings is 2. The van der Waals surface area contributed by atoms with Crippen LogP contribution < -0.4 is 10.2 Å². The van der Waals surface area contributed by atoms with Crippen molar-refractivity contribution in [1.82, 2.24) is 5.32 Å². The summed E-state index contributed by atoms with van der Waals surface area (Å²) in [4.78, 5) is 39.0. The molecule has 0 bridgehead atoms. The zero-order chi connectivity index (χ0) is 19.0. The molecule has 2 aliphatic heterocycles. The molecule has 0 spiro atoms. The molecule has 3 amide bonds. The number of hydrogen-bond donors (Lipinski definition) is 1. The summed E-state index contributed by atoms with van der Waals surface area (Å²) in [5, 5.41) is 2.83. The molecule has 2 heterocycles. The number of imide groups is 1. The van der Waals surface area contributed by atoms with Crippen LogP contribution in [0, 0.1) is 0 Å². The molecule has 1 fully saturated rings. The fourth-order valence-electron chi connectivity index (χ4n) is 3.32. The first-order valence-electron chi connectivity index (χ1n) is 8.73. The second-order valence-corrected chi connectivity index (χ2v) is 7.44. The number of carbonyl (C=O) groups is 3. The average Bonchev–Trinajstić information content (AvgIpc) is 3.28. The molecular formula is C20H17BrN2O4. The van der Waals surface area contributed by atoms with Gasteiger partial charge in [-0.05, 0) is 55.3 Å². The van der Waals surface area contributed by atoms with Gasteiger partial charge in [-0.25, -0.2) is 4.90 Å². The van der Waals surface area contributed by atoms with Crippen molar-refractivity contribution in [3.63, 3.8) is 0 Å². The van der Waals surface area contributed by atoms with E-state index in [9.17, 15) is 14.4 Å². The van der Waals surface area contributed by atoms with Gasteiger partial charge in [0.15, 0.2) is 0 Å². The first kappa shape index (κ1) is 17.9. The molecule has 2 aromatic rings. The Balaban J connectivity index is 1.54. The second-order valence-electron chi connectivity index (χ2n) is 6.53. The van der Waals surface area contributed by atoms with E-state index in [-0.39, 0.29) is 23.5 Å². The molecule has 0 aromatic heterocycles. The minimum absolute atomic E-state index is 0.0412. The van der Waals surface area contributed by atoms with Gasteiger partial charge in [-0.15, -0.1) is 0 Å². The molecule has 4 rings (SSSR count). The number of halogens is 1. The van der Waals surface area contributed by atoms with E-state index in [1.807, 2.05) is 0 Å². The van der Waals surface area contributed by atoms with Crippen molar-refractivity contribution in [1.29, 1.82) is 0 Å². The highest BCUT2D eigenvalue weighted by Crippen LogP contribution is 2.30. The van der Waals surface area contributed by atoms with Crippen molar-refractivity contribution in [2.24, 2.45) is 0 Å². The summed E-state index contributed by atoms with van der Waals surface area (Å²) in [5.41, 5.74) is 1.39. The number of anilines is 1. The lowest BCUT2D eigenvalue weighted by molar-refractivity contribution is 0.0857. The quantitative estimate of drug-likeness (QED) is 0.758. The van der Waals surface area contributed by atoms with Gasteiger partial charge in [0.1, 0.15) is 0 Å². The normalized spacial score (nSPS) is 18.7. The minimum atomic E-state index is -0.425. The predicted octanol–water partition coefficient (Wildman–Crippen LogP) is 3.16. The Morgan fingerprint density at radius 1 is 1.11 bits per heavy atom. The standard InChI is InChI=1S/C20H17BrN2O4/c21-13-4-6-14(7-5-13)23-19(25)16-8-3-12(10-17(16)20(23)26)18(24)22-11-15-2-1-9-27-15/h3-8,10,15H,1-2,9,11H2,(H,22,24)/t15-/m1/s1. The van der Waals surface area contributed by atoms with Gasteiger partial charge in [-0.1, -0.05) is 15.9 Å². The summed E-state index contributed by atoms with van der Waals surface area (Å²) in [6.07, 6.45) is 1.97. The van der Waals surface area contributed by atoms with Gasteiger partial charge >= 0.3 is 0 Å². The Morgan fingerprint density at radius 2 is 1.85 bits per heavy atom. The highest BCUT2D eigenvalue weighted by molar-refractivity contribution is 9.10. The van der Waals surface area contributed by atoms with E-state index in [0.29, 0.717) is 23.4 Å². The Hall–Kier alpha value is -2.51. The van der Waals surface area contributed by atoms with Crippen LogP contribution in [0.3, 0.4) is 0 Å². The molecule has 0 saturated carbocycles. The highest BCUT2D eigenvalue weighted by atomic mass is 79.9. The molecule has 27 heavy (non-hydrogen) atoms. The molecular weight excluding hydrogens is 412 g/mol. The number of hydrogen-bond acceptors (Lipinski definition) is 4. The lowest BCUT2D eigenvalue weighted by Gasteiger charge is -2.13. The van der Waals surface area contributed by atoms with Gasteiger partial charge in [0.2, 0.25) is 0 Å². The summed E-state index contributed by atoms with van der Waals surface area (Å²) < 4.78 is 6.35. The first-order chi connectivity index (χ1) is 13.0. The van der Waals surface area contributed by atoms with Crippen LogP contribution in [0.5, 0.6) is 0 Å². The van der Waals surface area contributed by atoms with Gasteiger partial charge in [-0.2, -0.15) is 0 Å². The Morgan fingerprint density at radius 3 is 2.56 bits per heavy atom. The third-order valence-corrected chi connectivity index (χ3v) is 5.28. The summed E-state index contributed by atoms with van der Waals surface area (Å²) in [5.74, 6) is -1.09. The number of carbonyl (C=O) groups excluding carboxylic acids is 3. The van der Waals surface area contributed by atoms with Crippen LogP contribution in [0.4, 0.5) is 5.69 Å². The lowest BCUT2D eigenvalue weighted by Crippen LogP contribution is -2.31. The third-order valence-electron chi connectivity index (χ3n) is 4.75. The smallest absolute Gasteiger partial charge is 0.266 e. The first-order valence-corrected chi connectivity index (χ1v) is 9.52. The fraction of sp³-hybridized carbons (Fsp3) is 0.250. The van der Waals surface area contributed by atoms with E-state index in [1.165, 1.54) is 12.1 Å². The summed E-state index contributed by atoms with van der Waals surface area (Å²) in [6, 6.07) is 11.5. The van der Waals surface area contributed by atoms with Gasteiger partial charge in [0.25, 0.3) is 17.7 Å². The van der Waals surface area contributed by atoms with Crippen molar-refractivity contribution < 1.29 is 19.1 Å². The van der Waals surface area contributed by atoms with Crippen LogP contribution in [-0.4, -0.2) is 37.0 Å². The molecule has 138 valence electrons. The van der Waals surface area contributed by atoms with E-state index in [4.69, 9.17) is 4.74 Å². The summed E-state index contributed by atoms with van der Waals surface area (Å²) in [7, 11) is 0. The average molecular weight is 429 g/mol. The molecule has 2 aliphatic rings. The summed E-state index contributed by atoms with van der Waals surface area (Å²) in [6.45, 7) is 1.16. The van der Waals surface area contributed by atoms with Crippen molar-refractivity contribution in [3.8, 4) is 0 Å². The van der Waals surface area contributed by atoms with E-state index >= 15 is 0 Å². The van der Waals surface area contributed by atoms with Crippen molar-refractivity contribution in [3.05, 3.63) is 63.6 Å². The third kappa shape index (κ3) is 3.40. The topological polar surface area (TPSA) is 75.7 Å². The van der Waals surface area contributed by atoms with Crippen molar-refractivity contribution in [2.45, 2.75) is 18.9 Å². The van der Waals surface area contributed by atoms with Crippen LogP contribution in [-0.2, 0) is 4.74 Å². The largest absolute Gasteiger partial charge is 0.376 e. The Bertz CT molecular complexity index is 920. The Labute approximate surface area is 164 Å². The Kier molecular flexibility index (Phi) is 4.80. The van der Waals surface area contributed by atoms with Crippen LogP contribution in [0.1, 0.15) is 43.9 Å².